The third kappa shape index (κ3) is 3.78. The van der Waals surface area contributed by atoms with Gasteiger partial charge in [0.05, 0.1) is 19.4 Å². The zero-order valence-electron chi connectivity index (χ0n) is 15.0. The molecule has 0 radical (unpaired) electrons. The Morgan fingerprint density at radius 3 is 2.73 bits per heavy atom. The van der Waals surface area contributed by atoms with Crippen molar-refractivity contribution in [2.45, 2.75) is 25.3 Å². The molecule has 0 saturated carbocycles. The summed E-state index contributed by atoms with van der Waals surface area (Å²) < 4.78 is 11.4. The van der Waals surface area contributed by atoms with Crippen LogP contribution in [0.5, 0.6) is 5.75 Å². The number of rotatable bonds is 6. The smallest absolute Gasteiger partial charge is 0.220 e. The molecule has 3 aromatic rings. The van der Waals surface area contributed by atoms with E-state index in [1.54, 1.807) is 7.11 Å². The van der Waals surface area contributed by atoms with Crippen molar-refractivity contribution in [2.24, 2.45) is 0 Å². The third-order valence-electron chi connectivity index (χ3n) is 4.89. The minimum Gasteiger partial charge on any atom is -0.496 e. The average molecular weight is 349 g/mol. The molecule has 0 amide bonds. The van der Waals surface area contributed by atoms with Crippen LogP contribution in [0.2, 0.25) is 0 Å². The van der Waals surface area contributed by atoms with Crippen LogP contribution in [0.25, 0.3) is 0 Å². The van der Waals surface area contributed by atoms with Gasteiger partial charge in [-0.15, -0.1) is 10.2 Å². The van der Waals surface area contributed by atoms with Crippen molar-refractivity contribution >= 4 is 0 Å². The first kappa shape index (κ1) is 16.8. The fourth-order valence-corrected chi connectivity index (χ4v) is 3.53. The molecule has 1 aromatic heterocycles. The van der Waals surface area contributed by atoms with Gasteiger partial charge in [-0.2, -0.15) is 0 Å². The summed E-state index contributed by atoms with van der Waals surface area (Å²) in [7, 11) is 1.72. The monoisotopic (exact) mass is 349 g/mol. The predicted octanol–water partition coefficient (Wildman–Crippen LogP) is 3.66. The molecule has 0 N–H and O–H groups in total. The first-order valence-electron chi connectivity index (χ1n) is 9.02. The normalized spacial score (nSPS) is 17.5. The molecule has 0 aliphatic carbocycles. The minimum atomic E-state index is 0.307. The van der Waals surface area contributed by atoms with Crippen molar-refractivity contribution in [3.05, 3.63) is 77.5 Å². The molecular weight excluding hydrogens is 326 g/mol. The molecule has 0 spiro atoms. The molecule has 1 unspecified atom stereocenters. The van der Waals surface area contributed by atoms with Crippen molar-refractivity contribution in [2.75, 3.05) is 20.2 Å². The summed E-state index contributed by atoms with van der Waals surface area (Å²) in [4.78, 5) is 2.42. The van der Waals surface area contributed by atoms with Gasteiger partial charge in [-0.3, -0.25) is 4.90 Å². The molecule has 26 heavy (non-hydrogen) atoms. The number of likely N-dealkylation sites (tertiary alicyclic amines) is 1. The largest absolute Gasteiger partial charge is 0.496 e. The van der Waals surface area contributed by atoms with Gasteiger partial charge >= 0.3 is 0 Å². The summed E-state index contributed by atoms with van der Waals surface area (Å²) in [5.41, 5.74) is 2.40. The molecule has 4 rings (SSSR count). The first-order chi connectivity index (χ1) is 12.8. The summed E-state index contributed by atoms with van der Waals surface area (Å²) >= 11 is 0. The lowest BCUT2D eigenvalue weighted by molar-refractivity contribution is 0.310. The van der Waals surface area contributed by atoms with Crippen molar-refractivity contribution in [3.8, 4) is 5.75 Å². The van der Waals surface area contributed by atoms with E-state index in [1.165, 1.54) is 11.1 Å². The topological polar surface area (TPSA) is 51.4 Å². The fourth-order valence-electron chi connectivity index (χ4n) is 3.53. The van der Waals surface area contributed by atoms with E-state index in [2.05, 4.69) is 39.4 Å². The zero-order valence-corrected chi connectivity index (χ0v) is 15.0. The molecule has 0 bridgehead atoms. The second-order valence-corrected chi connectivity index (χ2v) is 6.73. The average Bonchev–Trinajstić information content (AvgIpc) is 3.32. The predicted molar refractivity (Wildman–Crippen MR) is 99.2 cm³/mol. The van der Waals surface area contributed by atoms with E-state index in [-0.39, 0.29) is 0 Å². The highest BCUT2D eigenvalue weighted by Crippen LogP contribution is 2.29. The quantitative estimate of drug-likeness (QED) is 0.680. The Labute approximate surface area is 153 Å². The Bertz CT molecular complexity index is 847. The highest BCUT2D eigenvalue weighted by molar-refractivity contribution is 5.33. The SMILES string of the molecule is COc1ccccc1CN1CCC(c2nnc(Cc3ccccc3)o2)C1. The first-order valence-corrected chi connectivity index (χ1v) is 9.02. The molecule has 1 atom stereocenters. The van der Waals surface area contributed by atoms with Gasteiger partial charge < -0.3 is 9.15 Å². The Morgan fingerprint density at radius 2 is 1.88 bits per heavy atom. The van der Waals surface area contributed by atoms with E-state index in [1.807, 2.05) is 30.3 Å². The van der Waals surface area contributed by atoms with Crippen LogP contribution in [-0.4, -0.2) is 35.3 Å². The van der Waals surface area contributed by atoms with E-state index in [4.69, 9.17) is 9.15 Å². The van der Waals surface area contributed by atoms with E-state index < -0.39 is 0 Å². The highest BCUT2D eigenvalue weighted by atomic mass is 16.5. The molecule has 1 aliphatic heterocycles. The van der Waals surface area contributed by atoms with Gasteiger partial charge in [-0.1, -0.05) is 48.5 Å². The molecular formula is C21H23N3O2. The van der Waals surface area contributed by atoms with Gasteiger partial charge in [-0.25, -0.2) is 0 Å². The number of ether oxygens (including phenoxy) is 1. The van der Waals surface area contributed by atoms with Gasteiger partial charge in [0.1, 0.15) is 5.75 Å². The number of benzene rings is 2. The second-order valence-electron chi connectivity index (χ2n) is 6.73. The van der Waals surface area contributed by atoms with Crippen molar-refractivity contribution in [1.82, 2.24) is 15.1 Å². The fraction of sp³-hybridized carbons (Fsp3) is 0.333. The summed E-state index contributed by atoms with van der Waals surface area (Å²) in [6, 6.07) is 18.4. The van der Waals surface area contributed by atoms with Gasteiger partial charge in [-0.05, 0) is 24.6 Å². The van der Waals surface area contributed by atoms with Crippen LogP contribution in [0.3, 0.4) is 0 Å². The summed E-state index contributed by atoms with van der Waals surface area (Å²) in [5.74, 6) is 2.70. The number of hydrogen-bond acceptors (Lipinski definition) is 5. The Hall–Kier alpha value is -2.66. The zero-order chi connectivity index (χ0) is 17.8. The van der Waals surface area contributed by atoms with Crippen LogP contribution in [-0.2, 0) is 13.0 Å². The van der Waals surface area contributed by atoms with Gasteiger partial charge in [0.25, 0.3) is 0 Å². The molecule has 134 valence electrons. The minimum absolute atomic E-state index is 0.307. The lowest BCUT2D eigenvalue weighted by Gasteiger charge is -2.17. The highest BCUT2D eigenvalue weighted by Gasteiger charge is 2.28. The second kappa shape index (κ2) is 7.70. The number of nitrogens with zero attached hydrogens (tertiary/aromatic N) is 3. The van der Waals surface area contributed by atoms with E-state index in [9.17, 15) is 0 Å². The standard InChI is InChI=1S/C21H23N3O2/c1-25-19-10-6-5-9-17(19)14-24-12-11-18(15-24)21-23-22-20(26-21)13-16-7-3-2-4-8-16/h2-10,18H,11-15H2,1H3. The van der Waals surface area contributed by atoms with Gasteiger partial charge in [0, 0.05) is 18.7 Å². The molecule has 1 fully saturated rings. The maximum absolute atomic E-state index is 5.94. The molecule has 1 saturated heterocycles. The van der Waals surface area contributed by atoms with Crippen molar-refractivity contribution in [3.63, 3.8) is 0 Å². The Kier molecular flexibility index (Phi) is 4.97. The maximum atomic E-state index is 5.94. The summed E-state index contributed by atoms with van der Waals surface area (Å²) in [6.45, 7) is 2.84. The third-order valence-corrected chi connectivity index (χ3v) is 4.89. The number of aromatic nitrogens is 2. The van der Waals surface area contributed by atoms with E-state index in [0.29, 0.717) is 18.2 Å². The van der Waals surface area contributed by atoms with Crippen LogP contribution in [0.4, 0.5) is 0 Å². The van der Waals surface area contributed by atoms with Crippen LogP contribution >= 0.6 is 0 Å². The van der Waals surface area contributed by atoms with Crippen LogP contribution in [0.15, 0.2) is 59.0 Å². The van der Waals surface area contributed by atoms with E-state index >= 15 is 0 Å². The Morgan fingerprint density at radius 1 is 1.08 bits per heavy atom. The van der Waals surface area contributed by atoms with E-state index in [0.717, 1.165) is 37.7 Å². The van der Waals surface area contributed by atoms with Crippen LogP contribution in [0.1, 0.15) is 35.2 Å². The summed E-state index contributed by atoms with van der Waals surface area (Å²) in [5, 5.41) is 8.54. The van der Waals surface area contributed by atoms with Gasteiger partial charge in [0.15, 0.2) is 0 Å². The van der Waals surface area contributed by atoms with Crippen LogP contribution in [0, 0.1) is 0 Å². The van der Waals surface area contributed by atoms with Crippen molar-refractivity contribution < 1.29 is 9.15 Å². The van der Waals surface area contributed by atoms with Crippen molar-refractivity contribution in [1.29, 1.82) is 0 Å². The lowest BCUT2D eigenvalue weighted by Crippen LogP contribution is -2.20. The maximum Gasteiger partial charge on any atom is 0.220 e. The number of para-hydroxylation sites is 1. The molecule has 1 aliphatic rings. The molecule has 2 heterocycles. The molecule has 5 heteroatoms. The summed E-state index contributed by atoms with van der Waals surface area (Å²) in [6.07, 6.45) is 1.73. The number of methoxy groups -OCH3 is 1. The molecule has 2 aromatic carbocycles. The Balaban J connectivity index is 1.38. The number of hydrogen-bond donors (Lipinski definition) is 0. The molecule has 5 nitrogen and oxygen atoms in total. The lowest BCUT2D eigenvalue weighted by atomic mass is 10.1. The van der Waals surface area contributed by atoms with Crippen LogP contribution < -0.4 is 4.74 Å². The van der Waals surface area contributed by atoms with Gasteiger partial charge in [0.2, 0.25) is 11.8 Å².